The topological polar surface area (TPSA) is 66.0 Å². The molecule has 0 fully saturated rings. The van der Waals surface area contributed by atoms with Crippen LogP contribution in [0.2, 0.25) is 0 Å². The monoisotopic (exact) mass is 305 g/mol. The SMILES string of the molecule is C=CCOCCOCCOCCOCCNC(=O)C(C)C.[HH]. The lowest BCUT2D eigenvalue weighted by Gasteiger charge is -2.09. The Morgan fingerprint density at radius 2 is 1.48 bits per heavy atom. The van der Waals surface area contributed by atoms with Gasteiger partial charge in [-0.05, 0) is 0 Å². The molecule has 0 rings (SSSR count). The highest BCUT2D eigenvalue weighted by molar-refractivity contribution is 5.77. The van der Waals surface area contributed by atoms with E-state index in [9.17, 15) is 4.79 Å². The van der Waals surface area contributed by atoms with E-state index in [0.29, 0.717) is 59.4 Å². The highest BCUT2D eigenvalue weighted by Gasteiger charge is 2.04. The van der Waals surface area contributed by atoms with Crippen molar-refractivity contribution in [3.05, 3.63) is 12.7 Å². The number of amides is 1. The number of rotatable bonds is 15. The molecule has 6 heteroatoms. The lowest BCUT2D eigenvalue weighted by atomic mass is 10.2. The molecule has 126 valence electrons. The van der Waals surface area contributed by atoms with E-state index in [4.69, 9.17) is 18.9 Å². The number of hydrogen-bond donors (Lipinski definition) is 1. The minimum absolute atomic E-state index is 0. The fourth-order valence-electron chi connectivity index (χ4n) is 1.28. The van der Waals surface area contributed by atoms with E-state index in [1.807, 2.05) is 13.8 Å². The van der Waals surface area contributed by atoms with Crippen LogP contribution < -0.4 is 5.32 Å². The van der Waals surface area contributed by atoms with E-state index in [2.05, 4.69) is 11.9 Å². The van der Waals surface area contributed by atoms with Crippen LogP contribution in [0.15, 0.2) is 12.7 Å². The van der Waals surface area contributed by atoms with Crippen molar-refractivity contribution < 1.29 is 25.2 Å². The van der Waals surface area contributed by atoms with E-state index in [1.54, 1.807) is 6.08 Å². The molecule has 0 aliphatic rings. The van der Waals surface area contributed by atoms with Gasteiger partial charge in [0.05, 0.1) is 52.9 Å². The van der Waals surface area contributed by atoms with Crippen molar-refractivity contribution in [1.82, 2.24) is 5.32 Å². The van der Waals surface area contributed by atoms with Crippen LogP contribution in [0.3, 0.4) is 0 Å². The van der Waals surface area contributed by atoms with E-state index >= 15 is 0 Å². The quantitative estimate of drug-likeness (QED) is 0.364. The molecule has 0 saturated carbocycles. The first-order valence-electron chi connectivity index (χ1n) is 7.38. The molecule has 0 radical (unpaired) electrons. The van der Waals surface area contributed by atoms with E-state index in [0.717, 1.165) is 0 Å². The summed E-state index contributed by atoms with van der Waals surface area (Å²) in [4.78, 5) is 11.2. The summed E-state index contributed by atoms with van der Waals surface area (Å²) in [6, 6.07) is 0. The molecule has 0 saturated heterocycles. The van der Waals surface area contributed by atoms with Crippen molar-refractivity contribution in [2.75, 3.05) is 59.4 Å². The van der Waals surface area contributed by atoms with Gasteiger partial charge in [0.25, 0.3) is 0 Å². The molecule has 0 bridgehead atoms. The standard InChI is InChI=1S/C15H29NO5.H2/c1-4-6-18-8-10-20-12-13-21-11-9-19-7-5-16-15(17)14(2)3;/h4,14H,1,5-13H2,2-3H3,(H,16,17);1H. The van der Waals surface area contributed by atoms with Crippen LogP contribution in [0.25, 0.3) is 0 Å². The summed E-state index contributed by atoms with van der Waals surface area (Å²) >= 11 is 0. The predicted octanol–water partition coefficient (Wildman–Crippen LogP) is 1.26. The van der Waals surface area contributed by atoms with Gasteiger partial charge in [-0.15, -0.1) is 6.58 Å². The molecule has 0 aromatic rings. The third kappa shape index (κ3) is 15.3. The van der Waals surface area contributed by atoms with Crippen molar-refractivity contribution >= 4 is 5.91 Å². The van der Waals surface area contributed by atoms with Gasteiger partial charge >= 0.3 is 0 Å². The number of ether oxygens (including phenoxy) is 4. The van der Waals surface area contributed by atoms with Gasteiger partial charge < -0.3 is 24.3 Å². The number of nitrogens with one attached hydrogen (secondary N) is 1. The number of carbonyl (C=O) groups excluding carboxylic acids is 1. The van der Waals surface area contributed by atoms with Crippen molar-refractivity contribution in [3.8, 4) is 0 Å². The summed E-state index contributed by atoms with van der Waals surface area (Å²) < 4.78 is 21.1. The second-order valence-electron chi connectivity index (χ2n) is 4.65. The largest absolute Gasteiger partial charge is 0.377 e. The van der Waals surface area contributed by atoms with E-state index in [-0.39, 0.29) is 13.3 Å². The Labute approximate surface area is 129 Å². The molecule has 21 heavy (non-hydrogen) atoms. The van der Waals surface area contributed by atoms with Crippen LogP contribution in [0.1, 0.15) is 15.3 Å². The summed E-state index contributed by atoms with van der Waals surface area (Å²) in [5.41, 5.74) is 0. The fourth-order valence-corrected chi connectivity index (χ4v) is 1.28. The fraction of sp³-hybridized carbons (Fsp3) is 0.800. The first kappa shape index (κ1) is 20.1. The van der Waals surface area contributed by atoms with Crippen molar-refractivity contribution in [2.24, 2.45) is 5.92 Å². The minimum Gasteiger partial charge on any atom is -0.377 e. The molecule has 1 amide bonds. The molecular weight excluding hydrogens is 274 g/mol. The highest BCUT2D eigenvalue weighted by Crippen LogP contribution is 1.89. The van der Waals surface area contributed by atoms with Gasteiger partial charge in [-0.1, -0.05) is 19.9 Å². The van der Waals surface area contributed by atoms with Crippen molar-refractivity contribution in [1.29, 1.82) is 0 Å². The molecule has 0 aromatic carbocycles. The van der Waals surface area contributed by atoms with Crippen LogP contribution in [-0.2, 0) is 23.7 Å². The average Bonchev–Trinajstić information content (AvgIpc) is 2.47. The summed E-state index contributed by atoms with van der Waals surface area (Å²) in [7, 11) is 0. The Morgan fingerprint density at radius 3 is 1.95 bits per heavy atom. The Hall–Kier alpha value is -0.950. The highest BCUT2D eigenvalue weighted by atomic mass is 16.6. The summed E-state index contributed by atoms with van der Waals surface area (Å²) in [5, 5.41) is 2.78. The molecule has 0 aliphatic heterocycles. The van der Waals surface area contributed by atoms with E-state index in [1.165, 1.54) is 0 Å². The molecule has 6 nitrogen and oxygen atoms in total. The van der Waals surface area contributed by atoms with Gasteiger partial charge in [0.2, 0.25) is 5.91 Å². The maximum Gasteiger partial charge on any atom is 0.222 e. The maximum absolute atomic E-state index is 11.2. The zero-order valence-electron chi connectivity index (χ0n) is 13.3. The van der Waals surface area contributed by atoms with Crippen LogP contribution >= 0.6 is 0 Å². The van der Waals surface area contributed by atoms with Gasteiger partial charge in [0.15, 0.2) is 0 Å². The molecule has 0 heterocycles. The smallest absolute Gasteiger partial charge is 0.222 e. The summed E-state index contributed by atoms with van der Waals surface area (Å²) in [5.74, 6) is 0.0552. The predicted molar refractivity (Wildman–Crippen MR) is 83.4 cm³/mol. The molecule has 0 aromatic heterocycles. The molecule has 1 N–H and O–H groups in total. The van der Waals surface area contributed by atoms with Gasteiger partial charge in [0.1, 0.15) is 0 Å². The lowest BCUT2D eigenvalue weighted by Crippen LogP contribution is -2.31. The first-order chi connectivity index (χ1) is 10.2. The van der Waals surface area contributed by atoms with Gasteiger partial charge in [-0.2, -0.15) is 0 Å². The number of hydrogen-bond acceptors (Lipinski definition) is 5. The van der Waals surface area contributed by atoms with Gasteiger partial charge in [-0.3, -0.25) is 4.79 Å². The van der Waals surface area contributed by atoms with Crippen LogP contribution in [-0.4, -0.2) is 65.3 Å². The normalized spacial score (nSPS) is 10.8. The maximum atomic E-state index is 11.2. The molecule has 0 aliphatic carbocycles. The number of carbonyl (C=O) groups is 1. The molecule has 0 unspecified atom stereocenters. The van der Waals surface area contributed by atoms with Crippen LogP contribution in [0.5, 0.6) is 0 Å². The lowest BCUT2D eigenvalue weighted by molar-refractivity contribution is -0.124. The Bertz CT molecular complexity index is 264. The Kier molecular flexibility index (Phi) is 14.7. The third-order valence-electron chi connectivity index (χ3n) is 2.42. The first-order valence-corrected chi connectivity index (χ1v) is 7.38. The van der Waals surface area contributed by atoms with Gasteiger partial charge in [0, 0.05) is 13.9 Å². The molecule has 0 atom stereocenters. The second-order valence-corrected chi connectivity index (χ2v) is 4.65. The average molecular weight is 305 g/mol. The summed E-state index contributed by atoms with van der Waals surface area (Å²) in [6.45, 7) is 12.1. The summed E-state index contributed by atoms with van der Waals surface area (Å²) in [6.07, 6.45) is 1.71. The minimum atomic E-state index is 0. The van der Waals surface area contributed by atoms with Gasteiger partial charge in [-0.25, -0.2) is 0 Å². The van der Waals surface area contributed by atoms with Crippen LogP contribution in [0.4, 0.5) is 0 Å². The zero-order valence-corrected chi connectivity index (χ0v) is 13.3. The van der Waals surface area contributed by atoms with Crippen molar-refractivity contribution in [3.63, 3.8) is 0 Å². The second kappa shape index (κ2) is 15.4. The zero-order chi connectivity index (χ0) is 15.8. The third-order valence-corrected chi connectivity index (χ3v) is 2.42. The Balaban J connectivity index is 0. The van der Waals surface area contributed by atoms with E-state index < -0.39 is 0 Å². The molecule has 0 spiro atoms. The molecular formula is C15H31NO5. The Morgan fingerprint density at radius 1 is 1.00 bits per heavy atom. The van der Waals surface area contributed by atoms with Crippen molar-refractivity contribution in [2.45, 2.75) is 13.8 Å². The van der Waals surface area contributed by atoms with Crippen LogP contribution in [0, 0.1) is 5.92 Å².